The highest BCUT2D eigenvalue weighted by atomic mass is 32.2. The molecule has 0 aliphatic carbocycles. The molecule has 0 aromatic heterocycles. The van der Waals surface area contributed by atoms with Crippen molar-refractivity contribution in [3.63, 3.8) is 0 Å². The van der Waals surface area contributed by atoms with Crippen molar-refractivity contribution in [1.29, 1.82) is 0 Å². The summed E-state index contributed by atoms with van der Waals surface area (Å²) in [5, 5.41) is 0. The van der Waals surface area contributed by atoms with Gasteiger partial charge < -0.3 is 4.90 Å². The molecule has 0 radical (unpaired) electrons. The van der Waals surface area contributed by atoms with Gasteiger partial charge in [0.05, 0.1) is 0 Å². The van der Waals surface area contributed by atoms with E-state index in [4.69, 9.17) is 0 Å². The van der Waals surface area contributed by atoms with Crippen LogP contribution in [0.5, 0.6) is 0 Å². The first-order valence-electron chi connectivity index (χ1n) is 6.26. The molecule has 16 heavy (non-hydrogen) atoms. The van der Waals surface area contributed by atoms with E-state index in [0.717, 1.165) is 31.0 Å². The lowest BCUT2D eigenvalue weighted by molar-refractivity contribution is -0.133. The summed E-state index contributed by atoms with van der Waals surface area (Å²) in [5.74, 6) is 3.23. The number of carbonyl (C=O) groups is 1. The third-order valence-electron chi connectivity index (χ3n) is 2.95. The summed E-state index contributed by atoms with van der Waals surface area (Å²) in [6.07, 6.45) is 1.83. The molecule has 94 valence electrons. The average molecular weight is 243 g/mol. The average Bonchev–Trinajstić information content (AvgIpc) is 2.16. The van der Waals surface area contributed by atoms with Gasteiger partial charge >= 0.3 is 0 Å². The van der Waals surface area contributed by atoms with Gasteiger partial charge in [-0.05, 0) is 17.8 Å². The summed E-state index contributed by atoms with van der Waals surface area (Å²) < 4.78 is 0. The Morgan fingerprint density at radius 3 is 2.38 bits per heavy atom. The summed E-state index contributed by atoms with van der Waals surface area (Å²) in [7, 11) is 0. The molecule has 1 aliphatic rings. The Labute approximate surface area is 104 Å². The molecule has 1 fully saturated rings. The highest BCUT2D eigenvalue weighted by Gasteiger charge is 2.26. The van der Waals surface area contributed by atoms with Crippen LogP contribution in [0.15, 0.2) is 0 Å². The van der Waals surface area contributed by atoms with Crippen LogP contribution < -0.4 is 0 Å². The number of carbonyl (C=O) groups excluding carboxylic acids is 1. The van der Waals surface area contributed by atoms with Crippen LogP contribution in [0.1, 0.15) is 40.5 Å². The lowest BCUT2D eigenvalue weighted by atomic mass is 9.81. The van der Waals surface area contributed by atoms with Crippen LogP contribution >= 0.6 is 11.8 Å². The molecule has 0 bridgehead atoms. The zero-order valence-electron chi connectivity index (χ0n) is 11.1. The highest BCUT2D eigenvalue weighted by Crippen LogP contribution is 2.30. The minimum absolute atomic E-state index is 0.149. The largest absolute Gasteiger partial charge is 0.341 e. The maximum atomic E-state index is 12.1. The first-order valence-corrected chi connectivity index (χ1v) is 7.42. The van der Waals surface area contributed by atoms with Gasteiger partial charge in [-0.25, -0.2) is 0 Å². The molecule has 0 N–H and O–H groups in total. The lowest BCUT2D eigenvalue weighted by Gasteiger charge is -2.32. The standard InChI is InChI=1S/C13H25NOS/c1-11(2)9-13(3,4)10-12(15)14-5-7-16-8-6-14/h11H,5-10H2,1-4H3. The van der Waals surface area contributed by atoms with Crippen molar-refractivity contribution >= 4 is 17.7 Å². The Bertz CT molecular complexity index is 232. The van der Waals surface area contributed by atoms with E-state index < -0.39 is 0 Å². The minimum Gasteiger partial charge on any atom is -0.341 e. The fraction of sp³-hybridized carbons (Fsp3) is 0.923. The number of hydrogen-bond acceptors (Lipinski definition) is 2. The van der Waals surface area contributed by atoms with Gasteiger partial charge in [0.15, 0.2) is 0 Å². The molecular formula is C13H25NOS. The molecule has 3 heteroatoms. The van der Waals surface area contributed by atoms with Crippen molar-refractivity contribution in [3.05, 3.63) is 0 Å². The summed E-state index contributed by atoms with van der Waals surface area (Å²) >= 11 is 1.95. The molecule has 1 aliphatic heterocycles. The number of amides is 1. The minimum atomic E-state index is 0.149. The topological polar surface area (TPSA) is 20.3 Å². The van der Waals surface area contributed by atoms with Gasteiger partial charge in [-0.1, -0.05) is 27.7 Å². The molecule has 0 aromatic carbocycles. The predicted molar refractivity (Wildman–Crippen MR) is 71.8 cm³/mol. The zero-order valence-corrected chi connectivity index (χ0v) is 11.9. The van der Waals surface area contributed by atoms with Gasteiger partial charge in [0, 0.05) is 31.0 Å². The van der Waals surface area contributed by atoms with Gasteiger partial charge in [0.25, 0.3) is 0 Å². The van der Waals surface area contributed by atoms with E-state index in [-0.39, 0.29) is 5.41 Å². The maximum Gasteiger partial charge on any atom is 0.223 e. The summed E-state index contributed by atoms with van der Waals surface area (Å²) in [6.45, 7) is 10.8. The Hall–Kier alpha value is -0.180. The van der Waals surface area contributed by atoms with Crippen LogP contribution in [0.4, 0.5) is 0 Å². The van der Waals surface area contributed by atoms with Crippen molar-refractivity contribution in [2.45, 2.75) is 40.5 Å². The van der Waals surface area contributed by atoms with Crippen LogP contribution in [0.2, 0.25) is 0 Å². The van der Waals surface area contributed by atoms with Crippen molar-refractivity contribution in [3.8, 4) is 0 Å². The Morgan fingerprint density at radius 2 is 1.88 bits per heavy atom. The van der Waals surface area contributed by atoms with Crippen LogP contribution in [0, 0.1) is 11.3 Å². The quantitative estimate of drug-likeness (QED) is 0.756. The lowest BCUT2D eigenvalue weighted by Crippen LogP contribution is -2.40. The van der Waals surface area contributed by atoms with Crippen molar-refractivity contribution in [2.24, 2.45) is 11.3 Å². The molecule has 2 nitrogen and oxygen atoms in total. The number of hydrogen-bond donors (Lipinski definition) is 0. The van der Waals surface area contributed by atoms with E-state index in [0.29, 0.717) is 18.2 Å². The molecule has 0 spiro atoms. The molecule has 1 amide bonds. The second-order valence-corrected chi connectivity index (χ2v) is 7.16. The van der Waals surface area contributed by atoms with Crippen LogP contribution in [0.3, 0.4) is 0 Å². The first-order chi connectivity index (χ1) is 7.41. The van der Waals surface area contributed by atoms with Crippen molar-refractivity contribution in [1.82, 2.24) is 4.90 Å². The van der Waals surface area contributed by atoms with E-state index >= 15 is 0 Å². The van der Waals surface area contributed by atoms with Crippen molar-refractivity contribution in [2.75, 3.05) is 24.6 Å². The smallest absolute Gasteiger partial charge is 0.223 e. The van der Waals surface area contributed by atoms with E-state index in [1.54, 1.807) is 0 Å². The normalized spacial score (nSPS) is 17.9. The van der Waals surface area contributed by atoms with E-state index in [1.165, 1.54) is 0 Å². The third kappa shape index (κ3) is 4.77. The molecule has 0 atom stereocenters. The van der Waals surface area contributed by atoms with Gasteiger partial charge in [0.2, 0.25) is 5.91 Å². The number of thioether (sulfide) groups is 1. The summed E-state index contributed by atoms with van der Waals surface area (Å²) in [6, 6.07) is 0. The fourth-order valence-electron chi connectivity index (χ4n) is 2.51. The molecule has 0 aromatic rings. The Kier molecular flexibility index (Phi) is 5.16. The van der Waals surface area contributed by atoms with Gasteiger partial charge in [-0.3, -0.25) is 4.79 Å². The molecule has 0 saturated carbocycles. The summed E-state index contributed by atoms with van der Waals surface area (Å²) in [4.78, 5) is 14.2. The Morgan fingerprint density at radius 1 is 1.31 bits per heavy atom. The molecule has 1 rings (SSSR count). The Balaban J connectivity index is 2.42. The van der Waals surface area contributed by atoms with Gasteiger partial charge in [0.1, 0.15) is 0 Å². The van der Waals surface area contributed by atoms with E-state index in [9.17, 15) is 4.79 Å². The van der Waals surface area contributed by atoms with Crippen LogP contribution in [-0.2, 0) is 4.79 Å². The van der Waals surface area contributed by atoms with Crippen LogP contribution in [-0.4, -0.2) is 35.4 Å². The predicted octanol–water partition coefficient (Wildman–Crippen LogP) is 3.02. The van der Waals surface area contributed by atoms with Crippen molar-refractivity contribution < 1.29 is 4.79 Å². The molecule has 1 heterocycles. The molecule has 1 saturated heterocycles. The highest BCUT2D eigenvalue weighted by molar-refractivity contribution is 7.99. The van der Waals surface area contributed by atoms with E-state index in [2.05, 4.69) is 27.7 Å². The van der Waals surface area contributed by atoms with Gasteiger partial charge in [-0.2, -0.15) is 11.8 Å². The molecular weight excluding hydrogens is 218 g/mol. The maximum absolute atomic E-state index is 12.1. The zero-order chi connectivity index (χ0) is 12.2. The second-order valence-electron chi connectivity index (χ2n) is 5.93. The monoisotopic (exact) mass is 243 g/mol. The second kappa shape index (κ2) is 5.95. The van der Waals surface area contributed by atoms with Gasteiger partial charge in [-0.15, -0.1) is 0 Å². The number of nitrogens with zero attached hydrogens (tertiary/aromatic N) is 1. The summed E-state index contributed by atoms with van der Waals surface area (Å²) in [5.41, 5.74) is 0.149. The van der Waals surface area contributed by atoms with Crippen LogP contribution in [0.25, 0.3) is 0 Å². The number of rotatable bonds is 4. The molecule has 0 unspecified atom stereocenters. The third-order valence-corrected chi connectivity index (χ3v) is 3.90. The SMILES string of the molecule is CC(C)CC(C)(C)CC(=O)N1CCSCC1. The first kappa shape index (κ1) is 13.9. The van der Waals surface area contributed by atoms with E-state index in [1.807, 2.05) is 16.7 Å². The fourth-order valence-corrected chi connectivity index (χ4v) is 3.41.